The molecule has 0 saturated heterocycles. The predicted molar refractivity (Wildman–Crippen MR) is 92.6 cm³/mol. The topological polar surface area (TPSA) is 49.4 Å². The van der Waals surface area contributed by atoms with E-state index in [1.54, 1.807) is 24.3 Å². The van der Waals surface area contributed by atoms with Gasteiger partial charge in [0.15, 0.2) is 0 Å². The second-order valence-electron chi connectivity index (χ2n) is 5.17. The van der Waals surface area contributed by atoms with Gasteiger partial charge >= 0.3 is 0 Å². The van der Waals surface area contributed by atoms with Gasteiger partial charge in [-0.05, 0) is 35.9 Å². The van der Waals surface area contributed by atoms with Gasteiger partial charge < -0.3 is 10.2 Å². The molecule has 0 spiro atoms. The van der Waals surface area contributed by atoms with Crippen LogP contribution in [-0.4, -0.2) is 23.3 Å². The van der Waals surface area contributed by atoms with Crippen LogP contribution in [0.25, 0.3) is 0 Å². The van der Waals surface area contributed by atoms with Gasteiger partial charge in [0.05, 0.1) is 10.7 Å². The van der Waals surface area contributed by atoms with Crippen LogP contribution in [0.5, 0.6) is 0 Å². The van der Waals surface area contributed by atoms with Gasteiger partial charge in [-0.25, -0.2) is 4.39 Å². The molecule has 0 aliphatic heterocycles. The van der Waals surface area contributed by atoms with Gasteiger partial charge in [0.1, 0.15) is 12.4 Å². The molecule has 126 valence electrons. The minimum atomic E-state index is -0.392. The lowest BCUT2D eigenvalue weighted by Crippen LogP contribution is -2.36. The van der Waals surface area contributed by atoms with Crippen molar-refractivity contribution in [3.8, 4) is 0 Å². The molecule has 4 nitrogen and oxygen atoms in total. The van der Waals surface area contributed by atoms with E-state index in [0.717, 1.165) is 5.56 Å². The number of anilines is 1. The van der Waals surface area contributed by atoms with E-state index < -0.39 is 5.91 Å². The minimum Gasteiger partial charge on any atom is -0.329 e. The number of halogens is 3. The molecule has 2 amide bonds. The SMILES string of the molecule is CC(=O)N(CC(=O)Nc1ccc(Cl)cc1Cl)Cc1ccc(F)cc1. The van der Waals surface area contributed by atoms with E-state index in [1.807, 2.05) is 0 Å². The lowest BCUT2D eigenvalue weighted by Gasteiger charge is -2.21. The summed E-state index contributed by atoms with van der Waals surface area (Å²) in [5, 5.41) is 3.40. The fraction of sp³-hybridized carbons (Fsp3) is 0.176. The fourth-order valence-corrected chi connectivity index (χ4v) is 2.50. The average molecular weight is 369 g/mol. The van der Waals surface area contributed by atoms with E-state index in [9.17, 15) is 14.0 Å². The Labute approximate surface area is 149 Å². The molecule has 1 N–H and O–H groups in total. The van der Waals surface area contributed by atoms with Gasteiger partial charge in [-0.15, -0.1) is 0 Å². The summed E-state index contributed by atoms with van der Waals surface area (Å²) in [6, 6.07) is 10.5. The first-order chi connectivity index (χ1) is 11.3. The smallest absolute Gasteiger partial charge is 0.244 e. The van der Waals surface area contributed by atoms with E-state index in [4.69, 9.17) is 23.2 Å². The summed E-state index contributed by atoms with van der Waals surface area (Å²) in [4.78, 5) is 25.2. The van der Waals surface area contributed by atoms with Gasteiger partial charge in [-0.3, -0.25) is 9.59 Å². The molecular formula is C17H15Cl2FN2O2. The molecule has 0 bridgehead atoms. The third-order valence-corrected chi connectivity index (χ3v) is 3.82. The second-order valence-corrected chi connectivity index (χ2v) is 6.02. The molecule has 0 atom stereocenters. The number of amides is 2. The maximum atomic E-state index is 12.9. The van der Waals surface area contributed by atoms with Crippen molar-refractivity contribution in [1.29, 1.82) is 0 Å². The summed E-state index contributed by atoms with van der Waals surface area (Å²) in [5.41, 5.74) is 1.14. The van der Waals surface area contributed by atoms with Crippen LogP contribution in [0.2, 0.25) is 10.0 Å². The van der Waals surface area contributed by atoms with Gasteiger partial charge in [0.2, 0.25) is 11.8 Å². The van der Waals surface area contributed by atoms with Gasteiger partial charge in [0, 0.05) is 18.5 Å². The lowest BCUT2D eigenvalue weighted by molar-refractivity contribution is -0.133. The number of hydrogen-bond donors (Lipinski definition) is 1. The quantitative estimate of drug-likeness (QED) is 0.862. The second kappa shape index (κ2) is 8.13. The van der Waals surface area contributed by atoms with Crippen molar-refractivity contribution in [3.63, 3.8) is 0 Å². The van der Waals surface area contributed by atoms with E-state index >= 15 is 0 Å². The minimum absolute atomic E-state index is 0.147. The van der Waals surface area contributed by atoms with Crippen LogP contribution in [0, 0.1) is 5.82 Å². The standard InChI is InChI=1S/C17H15Cl2FN2O2/c1-11(23)22(9-12-2-5-14(20)6-3-12)10-17(24)21-16-7-4-13(18)8-15(16)19/h2-8H,9-10H2,1H3,(H,21,24). The Bertz CT molecular complexity index is 751. The maximum absolute atomic E-state index is 12.9. The highest BCUT2D eigenvalue weighted by Gasteiger charge is 2.15. The summed E-state index contributed by atoms with van der Waals surface area (Å²) < 4.78 is 12.9. The summed E-state index contributed by atoms with van der Waals surface area (Å²) in [6.45, 7) is 1.43. The largest absolute Gasteiger partial charge is 0.329 e. The molecule has 2 rings (SSSR count). The molecule has 2 aromatic carbocycles. The van der Waals surface area contributed by atoms with Crippen molar-refractivity contribution in [2.75, 3.05) is 11.9 Å². The van der Waals surface area contributed by atoms with Crippen molar-refractivity contribution in [2.45, 2.75) is 13.5 Å². The van der Waals surface area contributed by atoms with Crippen LogP contribution >= 0.6 is 23.2 Å². The van der Waals surface area contributed by atoms with Crippen LogP contribution in [0.3, 0.4) is 0 Å². The van der Waals surface area contributed by atoms with Gasteiger partial charge in [-0.1, -0.05) is 35.3 Å². The monoisotopic (exact) mass is 368 g/mol. The molecule has 0 saturated carbocycles. The lowest BCUT2D eigenvalue weighted by atomic mass is 10.2. The molecule has 2 aromatic rings. The van der Waals surface area contributed by atoms with Crippen molar-refractivity contribution < 1.29 is 14.0 Å². The van der Waals surface area contributed by atoms with E-state index in [1.165, 1.54) is 30.0 Å². The highest BCUT2D eigenvalue weighted by Crippen LogP contribution is 2.25. The number of nitrogens with zero attached hydrogens (tertiary/aromatic N) is 1. The third-order valence-electron chi connectivity index (χ3n) is 3.27. The number of hydrogen-bond acceptors (Lipinski definition) is 2. The number of carbonyl (C=O) groups excluding carboxylic acids is 2. The summed E-state index contributed by atoms with van der Waals surface area (Å²) in [6.07, 6.45) is 0. The molecule has 0 fully saturated rings. The third kappa shape index (κ3) is 5.22. The van der Waals surface area contributed by atoms with Crippen molar-refractivity contribution >= 4 is 40.7 Å². The Morgan fingerprint density at radius 1 is 1.12 bits per heavy atom. The highest BCUT2D eigenvalue weighted by atomic mass is 35.5. The van der Waals surface area contributed by atoms with E-state index in [0.29, 0.717) is 15.7 Å². The van der Waals surface area contributed by atoms with E-state index in [2.05, 4.69) is 5.32 Å². The van der Waals surface area contributed by atoms with Crippen LogP contribution < -0.4 is 5.32 Å². The highest BCUT2D eigenvalue weighted by molar-refractivity contribution is 6.36. The molecule has 7 heteroatoms. The number of benzene rings is 2. The Morgan fingerprint density at radius 2 is 1.79 bits per heavy atom. The molecule has 0 aliphatic carbocycles. The maximum Gasteiger partial charge on any atom is 0.244 e. The molecule has 0 heterocycles. The molecule has 24 heavy (non-hydrogen) atoms. The summed E-state index contributed by atoms with van der Waals surface area (Å²) in [5.74, 6) is -1.02. The van der Waals surface area contributed by atoms with Crippen molar-refractivity contribution in [2.24, 2.45) is 0 Å². The number of nitrogens with one attached hydrogen (secondary N) is 1. The molecule has 0 radical (unpaired) electrons. The van der Waals surface area contributed by atoms with Gasteiger partial charge in [0.25, 0.3) is 0 Å². The number of carbonyl (C=O) groups is 2. The summed E-state index contributed by atoms with van der Waals surface area (Å²) in [7, 11) is 0. The Hall–Kier alpha value is -2.11. The van der Waals surface area contributed by atoms with Crippen LogP contribution in [0.4, 0.5) is 10.1 Å². The fourth-order valence-electron chi connectivity index (χ4n) is 2.04. The predicted octanol–water partition coefficient (Wildman–Crippen LogP) is 4.12. The average Bonchev–Trinajstić information content (AvgIpc) is 2.51. The Balaban J connectivity index is 2.02. The van der Waals surface area contributed by atoms with Crippen LogP contribution in [-0.2, 0) is 16.1 Å². The van der Waals surface area contributed by atoms with E-state index in [-0.39, 0.29) is 24.8 Å². The normalized spacial score (nSPS) is 10.3. The zero-order chi connectivity index (χ0) is 17.7. The van der Waals surface area contributed by atoms with Crippen LogP contribution in [0.1, 0.15) is 12.5 Å². The molecule has 0 aliphatic rings. The zero-order valence-corrected chi connectivity index (χ0v) is 14.4. The first-order valence-corrected chi connectivity index (χ1v) is 7.85. The molecular weight excluding hydrogens is 354 g/mol. The Kier molecular flexibility index (Phi) is 6.17. The summed E-state index contributed by atoms with van der Waals surface area (Å²) >= 11 is 11.8. The Morgan fingerprint density at radius 3 is 2.38 bits per heavy atom. The first-order valence-electron chi connectivity index (χ1n) is 7.10. The number of rotatable bonds is 5. The first kappa shape index (κ1) is 18.2. The van der Waals surface area contributed by atoms with Crippen molar-refractivity contribution in [1.82, 2.24) is 4.90 Å². The zero-order valence-electron chi connectivity index (χ0n) is 12.9. The van der Waals surface area contributed by atoms with Crippen LogP contribution in [0.15, 0.2) is 42.5 Å². The molecule has 0 aromatic heterocycles. The van der Waals surface area contributed by atoms with Crippen molar-refractivity contribution in [3.05, 3.63) is 63.9 Å². The molecule has 0 unspecified atom stereocenters. The van der Waals surface area contributed by atoms with Gasteiger partial charge in [-0.2, -0.15) is 0 Å².